The van der Waals surface area contributed by atoms with Crippen molar-refractivity contribution in [1.82, 2.24) is 0 Å². The molecule has 0 aromatic heterocycles. The summed E-state index contributed by atoms with van der Waals surface area (Å²) in [6.45, 7) is 0. The average molecular weight is 281 g/mol. The van der Waals surface area contributed by atoms with Crippen molar-refractivity contribution in [2.45, 2.75) is 25.7 Å². The molecular formula is C12H13BrN2O. The van der Waals surface area contributed by atoms with Crippen LogP contribution in [-0.2, 0) is 4.79 Å². The second kappa shape index (κ2) is 5.25. The van der Waals surface area contributed by atoms with E-state index in [-0.39, 0.29) is 5.78 Å². The zero-order valence-corrected chi connectivity index (χ0v) is 10.5. The van der Waals surface area contributed by atoms with Crippen molar-refractivity contribution in [3.8, 4) is 0 Å². The van der Waals surface area contributed by atoms with Crippen molar-refractivity contribution in [3.63, 3.8) is 0 Å². The van der Waals surface area contributed by atoms with Crippen LogP contribution < -0.4 is 5.43 Å². The second-order valence-corrected chi connectivity index (χ2v) is 4.72. The highest BCUT2D eigenvalue weighted by atomic mass is 79.9. The molecule has 0 spiro atoms. The number of ketones is 1. The van der Waals surface area contributed by atoms with Crippen LogP contribution in [0.2, 0.25) is 0 Å². The zero-order valence-electron chi connectivity index (χ0n) is 8.87. The van der Waals surface area contributed by atoms with Gasteiger partial charge in [-0.3, -0.25) is 10.2 Å². The molecule has 1 aromatic rings. The molecule has 0 saturated heterocycles. The Morgan fingerprint density at radius 2 is 1.81 bits per heavy atom. The van der Waals surface area contributed by atoms with Gasteiger partial charge in [0.15, 0.2) is 5.78 Å². The van der Waals surface area contributed by atoms with Crippen LogP contribution in [0.25, 0.3) is 0 Å². The Kier molecular flexibility index (Phi) is 3.72. The quantitative estimate of drug-likeness (QED) is 0.844. The van der Waals surface area contributed by atoms with Crippen LogP contribution in [0.1, 0.15) is 25.7 Å². The molecule has 1 aromatic carbocycles. The minimum atomic E-state index is 0.177. The summed E-state index contributed by atoms with van der Waals surface area (Å²) >= 11 is 3.36. The smallest absolute Gasteiger partial charge is 0.178 e. The van der Waals surface area contributed by atoms with E-state index in [1.165, 1.54) is 0 Å². The predicted molar refractivity (Wildman–Crippen MR) is 68.7 cm³/mol. The Balaban J connectivity index is 2.02. The van der Waals surface area contributed by atoms with Gasteiger partial charge in [0.2, 0.25) is 0 Å². The maximum atomic E-state index is 11.5. The van der Waals surface area contributed by atoms with Crippen LogP contribution in [0.3, 0.4) is 0 Å². The molecule has 0 atom stereocenters. The molecule has 84 valence electrons. The van der Waals surface area contributed by atoms with E-state index >= 15 is 0 Å². The van der Waals surface area contributed by atoms with Gasteiger partial charge in [0.05, 0.1) is 5.69 Å². The summed E-state index contributed by atoms with van der Waals surface area (Å²) in [5.41, 5.74) is 4.49. The van der Waals surface area contributed by atoms with Crippen LogP contribution in [0.15, 0.2) is 33.8 Å². The van der Waals surface area contributed by atoms with E-state index in [0.29, 0.717) is 12.1 Å². The van der Waals surface area contributed by atoms with Crippen LogP contribution in [0.5, 0.6) is 0 Å². The van der Waals surface area contributed by atoms with Crippen molar-refractivity contribution >= 4 is 33.1 Å². The molecule has 0 heterocycles. The first-order valence-corrected chi connectivity index (χ1v) is 6.16. The molecule has 0 bridgehead atoms. The number of carbonyl (C=O) groups is 1. The van der Waals surface area contributed by atoms with Gasteiger partial charge in [0.1, 0.15) is 5.71 Å². The van der Waals surface area contributed by atoms with Gasteiger partial charge in [-0.25, -0.2) is 0 Å². The highest BCUT2D eigenvalue weighted by molar-refractivity contribution is 9.10. The first-order chi connectivity index (χ1) is 7.75. The number of anilines is 1. The number of Topliss-reactive ketones (excluding diaryl/α,β-unsaturated/α-hetero) is 1. The van der Waals surface area contributed by atoms with Gasteiger partial charge in [-0.2, -0.15) is 5.10 Å². The third kappa shape index (κ3) is 2.92. The molecule has 4 heteroatoms. The molecule has 0 radical (unpaired) electrons. The third-order valence-electron chi connectivity index (χ3n) is 2.55. The standard InChI is InChI=1S/C12H13BrN2O/c13-9-5-7-10(8-6-9)14-15-11-3-1-2-4-12(11)16/h5-8,14H,1-4H2/b15-11+. The molecule has 1 aliphatic carbocycles. The number of carbonyl (C=O) groups excluding carboxylic acids is 1. The highest BCUT2D eigenvalue weighted by Crippen LogP contribution is 2.15. The van der Waals surface area contributed by atoms with Gasteiger partial charge in [-0.1, -0.05) is 15.9 Å². The summed E-state index contributed by atoms with van der Waals surface area (Å²) in [5.74, 6) is 0.177. The minimum absolute atomic E-state index is 0.177. The van der Waals surface area contributed by atoms with Crippen molar-refractivity contribution in [2.24, 2.45) is 5.10 Å². The minimum Gasteiger partial charge on any atom is -0.293 e. The van der Waals surface area contributed by atoms with E-state index in [2.05, 4.69) is 26.5 Å². The third-order valence-corrected chi connectivity index (χ3v) is 3.08. The number of rotatable bonds is 2. The van der Waals surface area contributed by atoms with E-state index < -0.39 is 0 Å². The number of hydrogen-bond donors (Lipinski definition) is 1. The maximum absolute atomic E-state index is 11.5. The lowest BCUT2D eigenvalue weighted by Crippen LogP contribution is -2.19. The summed E-state index contributed by atoms with van der Waals surface area (Å²) in [5, 5.41) is 4.17. The fraction of sp³-hybridized carbons (Fsp3) is 0.333. The summed E-state index contributed by atoms with van der Waals surface area (Å²) in [6, 6.07) is 7.71. The van der Waals surface area contributed by atoms with Crippen LogP contribution >= 0.6 is 15.9 Å². The number of hydrazone groups is 1. The Hall–Kier alpha value is -1.16. The lowest BCUT2D eigenvalue weighted by Gasteiger charge is -2.11. The van der Waals surface area contributed by atoms with Crippen LogP contribution in [0.4, 0.5) is 5.69 Å². The van der Waals surface area contributed by atoms with Gasteiger partial charge >= 0.3 is 0 Å². The monoisotopic (exact) mass is 280 g/mol. The number of nitrogens with one attached hydrogen (secondary N) is 1. The maximum Gasteiger partial charge on any atom is 0.178 e. The fourth-order valence-electron chi connectivity index (χ4n) is 1.64. The first-order valence-electron chi connectivity index (χ1n) is 5.37. The number of nitrogens with zero attached hydrogens (tertiary/aromatic N) is 1. The molecule has 0 amide bonds. The molecule has 1 saturated carbocycles. The number of hydrogen-bond acceptors (Lipinski definition) is 3. The summed E-state index contributed by atoms with van der Waals surface area (Å²) in [7, 11) is 0. The largest absolute Gasteiger partial charge is 0.293 e. The van der Waals surface area contributed by atoms with Crippen molar-refractivity contribution in [2.75, 3.05) is 5.43 Å². The number of benzene rings is 1. The normalized spacial score (nSPS) is 18.8. The predicted octanol–water partition coefficient (Wildman–Crippen LogP) is 3.36. The molecule has 0 unspecified atom stereocenters. The topological polar surface area (TPSA) is 41.5 Å². The molecule has 1 fully saturated rings. The first kappa shape index (κ1) is 11.3. The van der Waals surface area contributed by atoms with E-state index in [1.807, 2.05) is 24.3 Å². The Bertz CT molecular complexity index is 412. The van der Waals surface area contributed by atoms with Crippen molar-refractivity contribution < 1.29 is 4.79 Å². The van der Waals surface area contributed by atoms with Gasteiger partial charge in [0.25, 0.3) is 0 Å². The Labute approximate surface area is 103 Å². The molecule has 16 heavy (non-hydrogen) atoms. The molecule has 2 rings (SSSR count). The molecular weight excluding hydrogens is 268 g/mol. The summed E-state index contributed by atoms with van der Waals surface area (Å²) < 4.78 is 1.03. The van der Waals surface area contributed by atoms with Crippen LogP contribution in [0, 0.1) is 0 Å². The second-order valence-electron chi connectivity index (χ2n) is 3.81. The molecule has 3 nitrogen and oxygen atoms in total. The number of halogens is 1. The van der Waals surface area contributed by atoms with Crippen LogP contribution in [-0.4, -0.2) is 11.5 Å². The van der Waals surface area contributed by atoms with Crippen molar-refractivity contribution in [3.05, 3.63) is 28.7 Å². The van der Waals surface area contributed by atoms with Gasteiger partial charge in [-0.15, -0.1) is 0 Å². The Morgan fingerprint density at radius 1 is 1.12 bits per heavy atom. The highest BCUT2D eigenvalue weighted by Gasteiger charge is 2.16. The molecule has 1 aliphatic rings. The lowest BCUT2D eigenvalue weighted by atomic mass is 9.97. The van der Waals surface area contributed by atoms with E-state index in [1.54, 1.807) is 0 Å². The Morgan fingerprint density at radius 3 is 2.50 bits per heavy atom. The van der Waals surface area contributed by atoms with Gasteiger partial charge in [0, 0.05) is 10.9 Å². The van der Waals surface area contributed by atoms with Gasteiger partial charge in [-0.05, 0) is 43.5 Å². The van der Waals surface area contributed by atoms with E-state index in [4.69, 9.17) is 0 Å². The fourth-order valence-corrected chi connectivity index (χ4v) is 1.90. The molecule has 0 aliphatic heterocycles. The van der Waals surface area contributed by atoms with E-state index in [9.17, 15) is 4.79 Å². The average Bonchev–Trinajstić information content (AvgIpc) is 2.30. The lowest BCUT2D eigenvalue weighted by molar-refractivity contribution is -0.113. The summed E-state index contributed by atoms with van der Waals surface area (Å²) in [4.78, 5) is 11.5. The zero-order chi connectivity index (χ0) is 11.4. The SMILES string of the molecule is O=C1CCCC/C1=N\Nc1ccc(Br)cc1. The summed E-state index contributed by atoms with van der Waals surface area (Å²) in [6.07, 6.45) is 3.49. The van der Waals surface area contributed by atoms with Crippen molar-refractivity contribution in [1.29, 1.82) is 0 Å². The van der Waals surface area contributed by atoms with Gasteiger partial charge < -0.3 is 0 Å². The molecule has 1 N–H and O–H groups in total. The van der Waals surface area contributed by atoms with E-state index in [0.717, 1.165) is 29.4 Å².